The summed E-state index contributed by atoms with van der Waals surface area (Å²) in [6.45, 7) is 0. The quantitative estimate of drug-likeness (QED) is 0.433. The van der Waals surface area contributed by atoms with E-state index in [0.717, 1.165) is 19.1 Å². The average molecular weight is 409 g/mol. The van der Waals surface area contributed by atoms with Gasteiger partial charge in [-0.1, -0.05) is 42.5 Å². The van der Waals surface area contributed by atoms with Crippen LogP contribution in [0.15, 0.2) is 54.6 Å². The Labute approximate surface area is 172 Å². The molecule has 2 heterocycles. The number of esters is 2. The molecular formula is C22H19NO7. The summed E-state index contributed by atoms with van der Waals surface area (Å²) in [4.78, 5) is 52.5. The Balaban J connectivity index is 1.80. The second kappa shape index (κ2) is 7.38. The topological polar surface area (TPSA) is 99.2 Å². The molecule has 1 saturated heterocycles. The lowest BCUT2D eigenvalue weighted by molar-refractivity contribution is -0.174. The highest BCUT2D eigenvalue weighted by molar-refractivity contribution is 6.21. The van der Waals surface area contributed by atoms with Crippen LogP contribution in [0.5, 0.6) is 0 Å². The van der Waals surface area contributed by atoms with Crippen LogP contribution in [0.1, 0.15) is 38.8 Å². The number of hydrogen-bond donors (Lipinski definition) is 0. The molecule has 0 radical (unpaired) electrons. The fourth-order valence-corrected chi connectivity index (χ4v) is 4.14. The van der Waals surface area contributed by atoms with Crippen LogP contribution in [0, 0.1) is 5.41 Å². The molecule has 4 rings (SSSR count). The van der Waals surface area contributed by atoms with E-state index >= 15 is 0 Å². The number of carbonyl (C=O) groups excluding carboxylic acids is 4. The van der Waals surface area contributed by atoms with Crippen molar-refractivity contribution in [2.45, 2.75) is 18.8 Å². The number of rotatable bonds is 4. The van der Waals surface area contributed by atoms with Crippen molar-refractivity contribution in [1.29, 1.82) is 0 Å². The summed E-state index contributed by atoms with van der Waals surface area (Å²) in [5.74, 6) is -2.81. The molecule has 2 aromatic rings. The summed E-state index contributed by atoms with van der Waals surface area (Å²) < 4.78 is 15.9. The van der Waals surface area contributed by atoms with E-state index in [1.807, 2.05) is 0 Å². The van der Waals surface area contributed by atoms with Gasteiger partial charge in [0.2, 0.25) is 0 Å². The van der Waals surface area contributed by atoms with Gasteiger partial charge in [0.1, 0.15) is 12.3 Å². The number of carbonyl (C=O) groups is 4. The number of methoxy groups -OCH3 is 2. The van der Waals surface area contributed by atoms with Gasteiger partial charge in [-0.3, -0.25) is 19.2 Å². The maximum Gasteiger partial charge on any atom is 0.326 e. The van der Waals surface area contributed by atoms with Crippen molar-refractivity contribution in [2.75, 3.05) is 14.2 Å². The standard InChI is InChI=1S/C22H19NO7/c1-28-20(26)22(21(27)29-2)12-16(30-17(22)13-8-4-3-5-9-13)23-18(24)14-10-6-7-11-15(14)19(23)25/h3-11,16-17H,12H2,1-2H3/t16-,17-/m1/s1. The molecule has 2 atom stereocenters. The van der Waals surface area contributed by atoms with Crippen LogP contribution in [-0.2, 0) is 23.8 Å². The van der Waals surface area contributed by atoms with E-state index in [4.69, 9.17) is 14.2 Å². The highest BCUT2D eigenvalue weighted by atomic mass is 16.6. The van der Waals surface area contributed by atoms with Crippen LogP contribution in [-0.4, -0.2) is 49.1 Å². The summed E-state index contributed by atoms with van der Waals surface area (Å²) in [7, 11) is 2.31. The van der Waals surface area contributed by atoms with Gasteiger partial charge in [-0.05, 0) is 17.7 Å². The van der Waals surface area contributed by atoms with E-state index in [1.54, 1.807) is 54.6 Å². The molecule has 0 aromatic heterocycles. The van der Waals surface area contributed by atoms with Crippen molar-refractivity contribution in [3.05, 3.63) is 71.3 Å². The zero-order valence-electron chi connectivity index (χ0n) is 16.4. The van der Waals surface area contributed by atoms with Crippen LogP contribution in [0.25, 0.3) is 0 Å². The molecule has 0 aliphatic carbocycles. The second-order valence-electron chi connectivity index (χ2n) is 7.07. The molecule has 2 aromatic carbocycles. The minimum atomic E-state index is -1.87. The van der Waals surface area contributed by atoms with E-state index in [9.17, 15) is 19.2 Å². The largest absolute Gasteiger partial charge is 0.468 e. The van der Waals surface area contributed by atoms with Gasteiger partial charge < -0.3 is 14.2 Å². The van der Waals surface area contributed by atoms with Gasteiger partial charge in [0, 0.05) is 6.42 Å². The second-order valence-corrected chi connectivity index (χ2v) is 7.07. The molecule has 8 heteroatoms. The molecular weight excluding hydrogens is 390 g/mol. The van der Waals surface area contributed by atoms with Crippen LogP contribution in [0.3, 0.4) is 0 Å². The van der Waals surface area contributed by atoms with Crippen molar-refractivity contribution >= 4 is 23.8 Å². The van der Waals surface area contributed by atoms with Gasteiger partial charge in [-0.15, -0.1) is 0 Å². The van der Waals surface area contributed by atoms with Crippen molar-refractivity contribution < 1.29 is 33.4 Å². The van der Waals surface area contributed by atoms with Crippen LogP contribution >= 0.6 is 0 Å². The lowest BCUT2D eigenvalue weighted by Crippen LogP contribution is -2.45. The molecule has 2 aliphatic rings. The fraction of sp³-hybridized carbons (Fsp3) is 0.273. The number of amides is 2. The summed E-state index contributed by atoms with van der Waals surface area (Å²) in [5, 5.41) is 0. The maximum absolute atomic E-state index is 12.9. The van der Waals surface area contributed by atoms with Gasteiger partial charge in [0.25, 0.3) is 11.8 Å². The Hall–Kier alpha value is -3.52. The summed E-state index contributed by atoms with van der Waals surface area (Å²) in [6, 6.07) is 15.0. The van der Waals surface area contributed by atoms with Gasteiger partial charge in [0.15, 0.2) is 5.41 Å². The molecule has 0 N–H and O–H groups in total. The van der Waals surface area contributed by atoms with E-state index < -0.39 is 41.5 Å². The van der Waals surface area contributed by atoms with Crippen LogP contribution in [0.4, 0.5) is 0 Å². The summed E-state index contributed by atoms with van der Waals surface area (Å²) in [6.07, 6.45) is -2.54. The molecule has 0 unspecified atom stereocenters. The molecule has 0 bridgehead atoms. The van der Waals surface area contributed by atoms with Crippen LogP contribution in [0.2, 0.25) is 0 Å². The third kappa shape index (κ3) is 2.72. The Morgan fingerprint density at radius 3 is 1.90 bits per heavy atom. The van der Waals surface area contributed by atoms with E-state index in [1.165, 1.54) is 0 Å². The summed E-state index contributed by atoms with van der Waals surface area (Å²) in [5.41, 5.74) is -0.857. The predicted octanol–water partition coefficient (Wildman–Crippen LogP) is 2.10. The monoisotopic (exact) mass is 409 g/mol. The zero-order valence-corrected chi connectivity index (χ0v) is 16.4. The normalized spacial score (nSPS) is 22.0. The van der Waals surface area contributed by atoms with Crippen LogP contribution < -0.4 is 0 Å². The van der Waals surface area contributed by atoms with E-state index in [2.05, 4.69) is 0 Å². The molecule has 30 heavy (non-hydrogen) atoms. The Morgan fingerprint density at radius 2 is 1.40 bits per heavy atom. The first-order chi connectivity index (χ1) is 14.5. The van der Waals surface area contributed by atoms with Crippen molar-refractivity contribution in [2.24, 2.45) is 5.41 Å². The molecule has 1 fully saturated rings. The maximum atomic E-state index is 12.9. The lowest BCUT2D eigenvalue weighted by atomic mass is 9.77. The highest BCUT2D eigenvalue weighted by Gasteiger charge is 2.64. The molecule has 0 spiro atoms. The summed E-state index contributed by atoms with van der Waals surface area (Å²) >= 11 is 0. The lowest BCUT2D eigenvalue weighted by Gasteiger charge is -2.28. The number of fused-ring (bicyclic) bond motifs is 1. The third-order valence-electron chi connectivity index (χ3n) is 5.55. The molecule has 2 amide bonds. The molecule has 0 saturated carbocycles. The first-order valence-corrected chi connectivity index (χ1v) is 9.30. The molecule has 8 nitrogen and oxygen atoms in total. The highest BCUT2D eigenvalue weighted by Crippen LogP contribution is 2.51. The predicted molar refractivity (Wildman–Crippen MR) is 102 cm³/mol. The third-order valence-corrected chi connectivity index (χ3v) is 5.55. The number of imide groups is 1. The molecule has 2 aliphatic heterocycles. The number of nitrogens with zero attached hydrogens (tertiary/aromatic N) is 1. The van der Waals surface area contributed by atoms with Crippen molar-refractivity contribution in [3.8, 4) is 0 Å². The minimum Gasteiger partial charge on any atom is -0.468 e. The van der Waals surface area contributed by atoms with Gasteiger partial charge >= 0.3 is 11.9 Å². The fourth-order valence-electron chi connectivity index (χ4n) is 4.14. The number of benzene rings is 2. The molecule has 154 valence electrons. The number of hydrogen-bond acceptors (Lipinski definition) is 7. The SMILES string of the molecule is COC(=O)C1(C(=O)OC)C[C@H](N2C(=O)c3ccccc3C2=O)O[C@@H]1c1ccccc1. The van der Waals surface area contributed by atoms with Crippen molar-refractivity contribution in [1.82, 2.24) is 4.90 Å². The smallest absolute Gasteiger partial charge is 0.326 e. The average Bonchev–Trinajstić information content (AvgIpc) is 3.30. The Morgan fingerprint density at radius 1 is 0.900 bits per heavy atom. The minimum absolute atomic E-state index is 0.246. The van der Waals surface area contributed by atoms with Gasteiger partial charge in [0.05, 0.1) is 25.3 Å². The van der Waals surface area contributed by atoms with Gasteiger partial charge in [-0.25, -0.2) is 4.90 Å². The first kappa shape index (κ1) is 19.8. The van der Waals surface area contributed by atoms with E-state index in [0.29, 0.717) is 5.56 Å². The first-order valence-electron chi connectivity index (χ1n) is 9.30. The van der Waals surface area contributed by atoms with Gasteiger partial charge in [-0.2, -0.15) is 0 Å². The number of ether oxygens (including phenoxy) is 3. The van der Waals surface area contributed by atoms with Crippen molar-refractivity contribution in [3.63, 3.8) is 0 Å². The Kier molecular flexibility index (Phi) is 4.87. The van der Waals surface area contributed by atoms with E-state index in [-0.39, 0.29) is 17.5 Å². The zero-order chi connectivity index (χ0) is 21.5. The Bertz CT molecular complexity index is 982.